The van der Waals surface area contributed by atoms with Crippen molar-refractivity contribution in [3.05, 3.63) is 35.4 Å². The predicted octanol–water partition coefficient (Wildman–Crippen LogP) is 2.01. The molecule has 5 nitrogen and oxygen atoms in total. The van der Waals surface area contributed by atoms with Crippen LogP contribution in [0.25, 0.3) is 0 Å². The van der Waals surface area contributed by atoms with Gasteiger partial charge in [0.15, 0.2) is 0 Å². The molecule has 0 aliphatic heterocycles. The van der Waals surface area contributed by atoms with Crippen molar-refractivity contribution in [2.45, 2.75) is 27.0 Å². The van der Waals surface area contributed by atoms with Crippen molar-refractivity contribution < 1.29 is 9.15 Å². The molecule has 18 heavy (non-hydrogen) atoms. The number of hydrogen-bond acceptors (Lipinski definition) is 4. The Morgan fingerprint density at radius 2 is 2.33 bits per heavy atom. The number of hydrogen-bond donors (Lipinski definition) is 1. The summed E-state index contributed by atoms with van der Waals surface area (Å²) in [7, 11) is 1.87. The highest BCUT2D eigenvalue weighted by Crippen LogP contribution is 2.16. The van der Waals surface area contributed by atoms with Crippen molar-refractivity contribution in [1.29, 1.82) is 0 Å². The van der Waals surface area contributed by atoms with Gasteiger partial charge in [0.1, 0.15) is 12.4 Å². The summed E-state index contributed by atoms with van der Waals surface area (Å²) in [4.78, 5) is 0. The van der Waals surface area contributed by atoms with Gasteiger partial charge in [0.05, 0.1) is 12.0 Å². The quantitative estimate of drug-likeness (QED) is 0.851. The van der Waals surface area contributed by atoms with E-state index in [4.69, 9.17) is 9.15 Å². The highest BCUT2D eigenvalue weighted by atomic mass is 16.5. The number of rotatable bonds is 6. The summed E-state index contributed by atoms with van der Waals surface area (Å²) in [5, 5.41) is 7.50. The zero-order valence-corrected chi connectivity index (χ0v) is 11.1. The summed E-state index contributed by atoms with van der Waals surface area (Å²) in [5.41, 5.74) is 2.08. The SMILES string of the molecule is CCNCc1ccoc1COc1cc(C)nn1C. The monoisotopic (exact) mass is 249 g/mol. The second-order valence-corrected chi connectivity index (χ2v) is 4.19. The third kappa shape index (κ3) is 2.92. The maximum Gasteiger partial charge on any atom is 0.212 e. The zero-order chi connectivity index (χ0) is 13.0. The first kappa shape index (κ1) is 12.7. The summed E-state index contributed by atoms with van der Waals surface area (Å²) >= 11 is 0. The molecule has 2 aromatic rings. The predicted molar refractivity (Wildman–Crippen MR) is 68.4 cm³/mol. The molecule has 2 aromatic heterocycles. The first-order valence-corrected chi connectivity index (χ1v) is 6.10. The van der Waals surface area contributed by atoms with Gasteiger partial charge in [-0.25, -0.2) is 4.68 Å². The Morgan fingerprint density at radius 1 is 1.50 bits per heavy atom. The molecule has 0 fully saturated rings. The van der Waals surface area contributed by atoms with E-state index in [9.17, 15) is 0 Å². The third-order valence-electron chi connectivity index (χ3n) is 2.71. The fourth-order valence-electron chi connectivity index (χ4n) is 1.77. The Hall–Kier alpha value is -1.75. The molecule has 0 bridgehead atoms. The molecule has 0 amide bonds. The average Bonchev–Trinajstić information content (AvgIpc) is 2.90. The fraction of sp³-hybridized carbons (Fsp3) is 0.462. The Kier molecular flexibility index (Phi) is 4.04. The summed E-state index contributed by atoms with van der Waals surface area (Å²) in [6.45, 7) is 6.18. The molecule has 0 radical (unpaired) electrons. The Bertz CT molecular complexity index is 502. The van der Waals surface area contributed by atoms with E-state index in [-0.39, 0.29) is 0 Å². The van der Waals surface area contributed by atoms with E-state index >= 15 is 0 Å². The molecule has 0 aliphatic carbocycles. The van der Waals surface area contributed by atoms with Gasteiger partial charge in [0.25, 0.3) is 0 Å². The molecule has 0 saturated carbocycles. The number of aromatic nitrogens is 2. The number of furan rings is 1. The van der Waals surface area contributed by atoms with Crippen LogP contribution < -0.4 is 10.1 Å². The minimum Gasteiger partial charge on any atom is -0.470 e. The molecular formula is C13H19N3O2. The topological polar surface area (TPSA) is 52.2 Å². The number of nitrogens with one attached hydrogen (secondary N) is 1. The molecular weight excluding hydrogens is 230 g/mol. The van der Waals surface area contributed by atoms with Gasteiger partial charge in [0, 0.05) is 25.2 Å². The molecule has 0 atom stereocenters. The van der Waals surface area contributed by atoms with E-state index in [2.05, 4.69) is 17.3 Å². The van der Waals surface area contributed by atoms with Crippen LogP contribution in [0, 0.1) is 6.92 Å². The van der Waals surface area contributed by atoms with E-state index in [1.807, 2.05) is 26.1 Å². The van der Waals surface area contributed by atoms with Crippen LogP contribution in [0.5, 0.6) is 5.88 Å². The second-order valence-electron chi connectivity index (χ2n) is 4.19. The molecule has 0 saturated heterocycles. The highest BCUT2D eigenvalue weighted by molar-refractivity contribution is 5.18. The first-order valence-electron chi connectivity index (χ1n) is 6.10. The summed E-state index contributed by atoms with van der Waals surface area (Å²) < 4.78 is 12.9. The number of nitrogens with zero attached hydrogens (tertiary/aromatic N) is 2. The molecule has 1 N–H and O–H groups in total. The van der Waals surface area contributed by atoms with Crippen LogP contribution in [0.2, 0.25) is 0 Å². The minimum atomic E-state index is 0.423. The lowest BCUT2D eigenvalue weighted by atomic mass is 10.2. The van der Waals surface area contributed by atoms with Crippen molar-refractivity contribution in [1.82, 2.24) is 15.1 Å². The summed E-state index contributed by atoms with van der Waals surface area (Å²) in [5.74, 6) is 1.60. The number of ether oxygens (including phenoxy) is 1. The molecule has 0 aromatic carbocycles. The second kappa shape index (κ2) is 5.73. The Labute approximate surface area is 107 Å². The van der Waals surface area contributed by atoms with E-state index in [0.717, 1.165) is 36.0 Å². The average molecular weight is 249 g/mol. The first-order chi connectivity index (χ1) is 8.70. The van der Waals surface area contributed by atoms with Crippen molar-refractivity contribution in [2.75, 3.05) is 6.54 Å². The van der Waals surface area contributed by atoms with Crippen LogP contribution in [0.3, 0.4) is 0 Å². The maximum absolute atomic E-state index is 5.70. The van der Waals surface area contributed by atoms with Gasteiger partial charge in [-0.1, -0.05) is 6.92 Å². The molecule has 5 heteroatoms. The van der Waals surface area contributed by atoms with E-state index in [1.54, 1.807) is 10.9 Å². The lowest BCUT2D eigenvalue weighted by Crippen LogP contribution is -2.13. The Balaban J connectivity index is 1.97. The van der Waals surface area contributed by atoms with Crippen LogP contribution in [-0.2, 0) is 20.2 Å². The molecule has 0 unspecified atom stereocenters. The normalized spacial score (nSPS) is 10.8. The molecule has 2 heterocycles. The van der Waals surface area contributed by atoms with Crippen molar-refractivity contribution >= 4 is 0 Å². The van der Waals surface area contributed by atoms with Gasteiger partial charge in [0.2, 0.25) is 5.88 Å². The van der Waals surface area contributed by atoms with E-state index < -0.39 is 0 Å². The smallest absolute Gasteiger partial charge is 0.212 e. The van der Waals surface area contributed by atoms with Gasteiger partial charge in [-0.2, -0.15) is 5.10 Å². The number of aryl methyl sites for hydroxylation is 2. The minimum absolute atomic E-state index is 0.423. The van der Waals surface area contributed by atoms with Gasteiger partial charge in [-0.3, -0.25) is 0 Å². The highest BCUT2D eigenvalue weighted by Gasteiger charge is 2.09. The largest absolute Gasteiger partial charge is 0.470 e. The molecule has 2 rings (SSSR count). The zero-order valence-electron chi connectivity index (χ0n) is 11.1. The van der Waals surface area contributed by atoms with Crippen LogP contribution in [0.4, 0.5) is 0 Å². The van der Waals surface area contributed by atoms with E-state index in [0.29, 0.717) is 6.61 Å². The van der Waals surface area contributed by atoms with Crippen LogP contribution in [-0.4, -0.2) is 16.3 Å². The van der Waals surface area contributed by atoms with Gasteiger partial charge in [-0.05, 0) is 19.5 Å². The van der Waals surface area contributed by atoms with Gasteiger partial charge in [-0.15, -0.1) is 0 Å². The van der Waals surface area contributed by atoms with Crippen molar-refractivity contribution in [3.8, 4) is 5.88 Å². The standard InChI is InChI=1S/C13H19N3O2/c1-4-14-8-11-5-6-17-12(11)9-18-13-7-10(2)15-16(13)3/h5-7,14H,4,8-9H2,1-3H3. The lowest BCUT2D eigenvalue weighted by Gasteiger charge is -2.06. The van der Waals surface area contributed by atoms with Crippen LogP contribution >= 0.6 is 0 Å². The van der Waals surface area contributed by atoms with Gasteiger partial charge >= 0.3 is 0 Å². The van der Waals surface area contributed by atoms with Crippen molar-refractivity contribution in [2.24, 2.45) is 7.05 Å². The summed E-state index contributed by atoms with van der Waals surface area (Å²) in [6, 6.07) is 3.88. The molecule has 0 aliphatic rings. The molecule has 98 valence electrons. The van der Waals surface area contributed by atoms with Crippen LogP contribution in [0.15, 0.2) is 22.8 Å². The van der Waals surface area contributed by atoms with Crippen molar-refractivity contribution in [3.63, 3.8) is 0 Å². The summed E-state index contributed by atoms with van der Waals surface area (Å²) in [6.07, 6.45) is 1.69. The fourth-order valence-corrected chi connectivity index (χ4v) is 1.77. The third-order valence-corrected chi connectivity index (χ3v) is 2.71. The van der Waals surface area contributed by atoms with E-state index in [1.165, 1.54) is 0 Å². The maximum atomic E-state index is 5.70. The Morgan fingerprint density at radius 3 is 3.00 bits per heavy atom. The van der Waals surface area contributed by atoms with Gasteiger partial charge < -0.3 is 14.5 Å². The molecule has 0 spiro atoms. The van der Waals surface area contributed by atoms with Crippen LogP contribution in [0.1, 0.15) is 23.9 Å². The lowest BCUT2D eigenvalue weighted by molar-refractivity contribution is 0.247.